The molecule has 2 N–H and O–H groups in total. The van der Waals surface area contributed by atoms with Crippen LogP contribution < -0.4 is 0 Å². The second kappa shape index (κ2) is 5.21. The van der Waals surface area contributed by atoms with Crippen LogP contribution in [-0.4, -0.2) is 24.4 Å². The fourth-order valence-electron chi connectivity index (χ4n) is 1.91. The van der Waals surface area contributed by atoms with Gasteiger partial charge in [-0.2, -0.15) is 0 Å². The lowest BCUT2D eigenvalue weighted by Crippen LogP contribution is -2.05. The second-order valence-corrected chi connectivity index (χ2v) is 6.63. The summed E-state index contributed by atoms with van der Waals surface area (Å²) in [7, 11) is -4.03. The molecule has 0 heterocycles. The smallest absolute Gasteiger partial charge is 0.210 e. The Hall–Kier alpha value is -2.34. The standard InChI is InChI=1S/C15H14O5S/c1-9-3-5-12(6-4-9)21(19,20)14-8-11(17)7-13(10(2)16)15(14)18/h3-8,17-18H,1-2H3. The van der Waals surface area contributed by atoms with E-state index < -0.39 is 32.0 Å². The first-order chi connectivity index (χ1) is 9.73. The number of ketones is 1. The summed E-state index contributed by atoms with van der Waals surface area (Å²) in [5.41, 5.74) is 0.652. The van der Waals surface area contributed by atoms with Crippen molar-refractivity contribution in [2.24, 2.45) is 0 Å². The summed E-state index contributed by atoms with van der Waals surface area (Å²) < 4.78 is 25.0. The summed E-state index contributed by atoms with van der Waals surface area (Å²) in [5, 5.41) is 19.6. The molecule has 0 aliphatic heterocycles. The maximum Gasteiger partial charge on any atom is 0.210 e. The number of benzene rings is 2. The topological polar surface area (TPSA) is 91.7 Å². The van der Waals surface area contributed by atoms with Crippen molar-refractivity contribution < 1.29 is 23.4 Å². The van der Waals surface area contributed by atoms with Crippen LogP contribution in [0.3, 0.4) is 0 Å². The molecule has 5 nitrogen and oxygen atoms in total. The van der Waals surface area contributed by atoms with Gasteiger partial charge in [-0.15, -0.1) is 0 Å². The minimum absolute atomic E-state index is 0.0245. The van der Waals surface area contributed by atoms with Crippen LogP contribution in [-0.2, 0) is 9.84 Å². The third-order valence-electron chi connectivity index (χ3n) is 3.06. The molecule has 2 aromatic rings. The Morgan fingerprint density at radius 3 is 2.14 bits per heavy atom. The number of carbonyl (C=O) groups is 1. The van der Waals surface area contributed by atoms with Crippen LogP contribution in [0.1, 0.15) is 22.8 Å². The number of phenols is 2. The van der Waals surface area contributed by atoms with Crippen LogP contribution in [0, 0.1) is 6.92 Å². The van der Waals surface area contributed by atoms with Gasteiger partial charge >= 0.3 is 0 Å². The maximum absolute atomic E-state index is 12.5. The van der Waals surface area contributed by atoms with E-state index in [0.29, 0.717) is 0 Å². The number of Topliss-reactive ketones (excluding diaryl/α,β-unsaturated/α-hetero) is 1. The molecule has 0 aromatic heterocycles. The van der Waals surface area contributed by atoms with Crippen LogP contribution in [0.4, 0.5) is 0 Å². The molecule has 0 aliphatic rings. The molecule has 110 valence electrons. The summed E-state index contributed by atoms with van der Waals surface area (Å²) in [5.74, 6) is -1.59. The van der Waals surface area contributed by atoms with Gasteiger partial charge in [0.1, 0.15) is 16.4 Å². The van der Waals surface area contributed by atoms with Crippen molar-refractivity contribution in [1.82, 2.24) is 0 Å². The lowest BCUT2D eigenvalue weighted by Gasteiger charge is -2.10. The fourth-order valence-corrected chi connectivity index (χ4v) is 3.30. The highest BCUT2D eigenvalue weighted by atomic mass is 32.2. The van der Waals surface area contributed by atoms with Gasteiger partial charge < -0.3 is 10.2 Å². The summed E-state index contributed by atoms with van der Waals surface area (Å²) in [6, 6.07) is 8.02. The molecule has 2 rings (SSSR count). The number of sulfone groups is 1. The zero-order valence-corrected chi connectivity index (χ0v) is 12.3. The molecular weight excluding hydrogens is 292 g/mol. The first kappa shape index (κ1) is 15.1. The van der Waals surface area contributed by atoms with Crippen LogP contribution >= 0.6 is 0 Å². The Morgan fingerprint density at radius 2 is 1.62 bits per heavy atom. The zero-order valence-electron chi connectivity index (χ0n) is 11.5. The molecule has 0 saturated heterocycles. The third-order valence-corrected chi connectivity index (χ3v) is 4.84. The van der Waals surface area contributed by atoms with E-state index in [-0.39, 0.29) is 10.5 Å². The minimum Gasteiger partial charge on any atom is -0.508 e. The largest absolute Gasteiger partial charge is 0.508 e. The van der Waals surface area contributed by atoms with Crippen molar-refractivity contribution in [2.45, 2.75) is 23.6 Å². The summed E-state index contributed by atoms with van der Waals surface area (Å²) in [4.78, 5) is 10.9. The molecule has 0 aliphatic carbocycles. The van der Waals surface area contributed by atoms with E-state index in [4.69, 9.17) is 0 Å². The average molecular weight is 306 g/mol. The van der Waals surface area contributed by atoms with Crippen molar-refractivity contribution in [3.05, 3.63) is 47.5 Å². The van der Waals surface area contributed by atoms with E-state index in [0.717, 1.165) is 17.7 Å². The Bertz CT molecular complexity index is 805. The van der Waals surface area contributed by atoms with Crippen molar-refractivity contribution in [3.8, 4) is 11.5 Å². The molecule has 0 bridgehead atoms. The van der Waals surface area contributed by atoms with Crippen molar-refractivity contribution in [3.63, 3.8) is 0 Å². The predicted octanol–water partition coefficient (Wildman–Crippen LogP) is 2.44. The van der Waals surface area contributed by atoms with E-state index in [1.54, 1.807) is 12.1 Å². The monoisotopic (exact) mass is 306 g/mol. The number of hydrogen-bond acceptors (Lipinski definition) is 5. The van der Waals surface area contributed by atoms with Crippen molar-refractivity contribution in [2.75, 3.05) is 0 Å². The minimum atomic E-state index is -4.03. The van der Waals surface area contributed by atoms with Gasteiger partial charge in [-0.1, -0.05) is 17.7 Å². The van der Waals surface area contributed by atoms with Crippen molar-refractivity contribution in [1.29, 1.82) is 0 Å². The highest BCUT2D eigenvalue weighted by Gasteiger charge is 2.25. The SMILES string of the molecule is CC(=O)c1cc(O)cc(S(=O)(=O)c2ccc(C)cc2)c1O. The van der Waals surface area contributed by atoms with E-state index in [1.807, 2.05) is 6.92 Å². The average Bonchev–Trinajstić information content (AvgIpc) is 2.41. The molecule has 0 atom stereocenters. The Labute approximate surface area is 122 Å². The fraction of sp³-hybridized carbons (Fsp3) is 0.133. The molecule has 6 heteroatoms. The Balaban J connectivity index is 2.71. The molecular formula is C15H14O5S. The molecule has 2 aromatic carbocycles. The van der Waals surface area contributed by atoms with E-state index >= 15 is 0 Å². The Kier molecular flexibility index (Phi) is 3.74. The van der Waals surface area contributed by atoms with Gasteiger partial charge in [0.15, 0.2) is 5.78 Å². The molecule has 0 unspecified atom stereocenters. The third kappa shape index (κ3) is 2.75. The van der Waals surface area contributed by atoms with E-state index in [2.05, 4.69) is 0 Å². The van der Waals surface area contributed by atoms with Gasteiger partial charge in [0.05, 0.1) is 10.5 Å². The quantitative estimate of drug-likeness (QED) is 0.671. The van der Waals surface area contributed by atoms with Crippen molar-refractivity contribution >= 4 is 15.6 Å². The van der Waals surface area contributed by atoms with Gasteiger partial charge in [0, 0.05) is 6.07 Å². The first-order valence-electron chi connectivity index (χ1n) is 6.12. The predicted molar refractivity (Wildman–Crippen MR) is 76.4 cm³/mol. The number of hydrogen-bond donors (Lipinski definition) is 2. The second-order valence-electron chi connectivity index (χ2n) is 4.71. The molecule has 0 radical (unpaired) electrons. The first-order valence-corrected chi connectivity index (χ1v) is 7.60. The van der Waals surface area contributed by atoms with Crippen LogP contribution in [0.15, 0.2) is 46.2 Å². The molecule has 0 amide bonds. The highest BCUT2D eigenvalue weighted by Crippen LogP contribution is 2.35. The number of carbonyl (C=O) groups excluding carboxylic acids is 1. The normalized spacial score (nSPS) is 11.3. The molecule has 0 fully saturated rings. The number of phenolic OH excluding ortho intramolecular Hbond substituents is 2. The van der Waals surface area contributed by atoms with Crippen LogP contribution in [0.2, 0.25) is 0 Å². The number of aryl methyl sites for hydroxylation is 1. The van der Waals surface area contributed by atoms with Gasteiger partial charge in [-0.25, -0.2) is 8.42 Å². The van der Waals surface area contributed by atoms with Gasteiger partial charge in [0.2, 0.25) is 9.84 Å². The Morgan fingerprint density at radius 1 is 1.05 bits per heavy atom. The molecule has 0 spiro atoms. The molecule has 21 heavy (non-hydrogen) atoms. The number of aromatic hydroxyl groups is 2. The summed E-state index contributed by atoms with van der Waals surface area (Å²) in [6.45, 7) is 2.99. The number of rotatable bonds is 3. The summed E-state index contributed by atoms with van der Waals surface area (Å²) >= 11 is 0. The maximum atomic E-state index is 12.5. The van der Waals surface area contributed by atoms with E-state index in [9.17, 15) is 23.4 Å². The molecule has 0 saturated carbocycles. The van der Waals surface area contributed by atoms with Crippen LogP contribution in [0.25, 0.3) is 0 Å². The van der Waals surface area contributed by atoms with Gasteiger partial charge in [-0.3, -0.25) is 4.79 Å². The van der Waals surface area contributed by atoms with E-state index in [1.165, 1.54) is 19.1 Å². The lowest BCUT2D eigenvalue weighted by atomic mass is 10.1. The van der Waals surface area contributed by atoms with Gasteiger partial charge in [-0.05, 0) is 32.0 Å². The zero-order chi connectivity index (χ0) is 15.8. The van der Waals surface area contributed by atoms with Gasteiger partial charge in [0.25, 0.3) is 0 Å². The lowest BCUT2D eigenvalue weighted by molar-refractivity contribution is 0.101. The van der Waals surface area contributed by atoms with Crippen LogP contribution in [0.5, 0.6) is 11.5 Å². The highest BCUT2D eigenvalue weighted by molar-refractivity contribution is 7.91. The summed E-state index contributed by atoms with van der Waals surface area (Å²) in [6.07, 6.45) is 0.